The summed E-state index contributed by atoms with van der Waals surface area (Å²) in [5.41, 5.74) is 2.65. The highest BCUT2D eigenvalue weighted by atomic mass is 32.2. The quantitative estimate of drug-likeness (QED) is 0.272. The minimum absolute atomic E-state index is 0.0673. The van der Waals surface area contributed by atoms with Crippen molar-refractivity contribution >= 4 is 50.7 Å². The SMILES string of the molecule is COc1ccc(C(=O)Nc2ccc3nc(SCC(=O)c4ccccc4)sc3c2)cc1OC. The van der Waals surface area contributed by atoms with Gasteiger partial charge in [0.1, 0.15) is 0 Å². The second-order valence-electron chi connectivity index (χ2n) is 6.76. The lowest BCUT2D eigenvalue weighted by Gasteiger charge is -2.10. The van der Waals surface area contributed by atoms with Crippen molar-refractivity contribution < 1.29 is 19.1 Å². The van der Waals surface area contributed by atoms with Crippen LogP contribution in [-0.4, -0.2) is 36.6 Å². The zero-order valence-electron chi connectivity index (χ0n) is 17.5. The maximum atomic E-state index is 12.7. The molecule has 1 heterocycles. The molecule has 0 unspecified atom stereocenters. The summed E-state index contributed by atoms with van der Waals surface area (Å²) in [6.45, 7) is 0. The van der Waals surface area contributed by atoms with Crippen LogP contribution in [-0.2, 0) is 0 Å². The molecule has 0 saturated heterocycles. The number of thioether (sulfide) groups is 1. The zero-order chi connectivity index (χ0) is 22.5. The molecule has 0 bridgehead atoms. The predicted molar refractivity (Wildman–Crippen MR) is 129 cm³/mol. The van der Waals surface area contributed by atoms with Crippen molar-refractivity contribution in [1.82, 2.24) is 4.98 Å². The molecule has 4 rings (SSSR count). The van der Waals surface area contributed by atoms with Gasteiger partial charge in [-0.15, -0.1) is 11.3 Å². The number of thiazole rings is 1. The van der Waals surface area contributed by atoms with Crippen LogP contribution in [0.5, 0.6) is 11.5 Å². The van der Waals surface area contributed by atoms with Crippen molar-refractivity contribution in [2.24, 2.45) is 0 Å². The summed E-state index contributed by atoms with van der Waals surface area (Å²) in [6.07, 6.45) is 0. The minimum Gasteiger partial charge on any atom is -0.493 e. The number of aromatic nitrogens is 1. The van der Waals surface area contributed by atoms with Crippen LogP contribution in [0.3, 0.4) is 0 Å². The maximum Gasteiger partial charge on any atom is 0.255 e. The molecule has 0 fully saturated rings. The average molecular weight is 465 g/mol. The molecule has 0 aliphatic carbocycles. The summed E-state index contributed by atoms with van der Waals surface area (Å²) in [4.78, 5) is 29.6. The molecule has 0 spiro atoms. The van der Waals surface area contributed by atoms with Gasteiger partial charge in [0.15, 0.2) is 21.6 Å². The summed E-state index contributed by atoms with van der Waals surface area (Å²) in [6, 6.07) is 19.8. The number of Topliss-reactive ketones (excluding diaryl/α,β-unsaturated/α-hetero) is 1. The number of fused-ring (bicyclic) bond motifs is 1. The highest BCUT2D eigenvalue weighted by Gasteiger charge is 2.13. The maximum absolute atomic E-state index is 12.7. The Bertz CT molecular complexity index is 1270. The van der Waals surface area contributed by atoms with Gasteiger partial charge in [-0.1, -0.05) is 42.1 Å². The normalized spacial score (nSPS) is 10.7. The van der Waals surface area contributed by atoms with E-state index in [0.717, 1.165) is 14.6 Å². The molecule has 0 aliphatic rings. The fraction of sp³-hybridized carbons (Fsp3) is 0.125. The number of carbonyl (C=O) groups is 2. The molecule has 0 saturated carbocycles. The Labute approximate surface area is 193 Å². The first-order chi connectivity index (χ1) is 15.6. The number of nitrogens with zero attached hydrogens (tertiary/aromatic N) is 1. The van der Waals surface area contributed by atoms with Gasteiger partial charge in [0, 0.05) is 16.8 Å². The van der Waals surface area contributed by atoms with E-state index in [4.69, 9.17) is 9.47 Å². The molecule has 8 heteroatoms. The van der Waals surface area contributed by atoms with Crippen molar-refractivity contribution in [3.63, 3.8) is 0 Å². The van der Waals surface area contributed by atoms with Crippen LogP contribution >= 0.6 is 23.1 Å². The topological polar surface area (TPSA) is 77.5 Å². The van der Waals surface area contributed by atoms with E-state index < -0.39 is 0 Å². The van der Waals surface area contributed by atoms with E-state index >= 15 is 0 Å². The van der Waals surface area contributed by atoms with Crippen molar-refractivity contribution in [2.45, 2.75) is 4.34 Å². The van der Waals surface area contributed by atoms with E-state index in [9.17, 15) is 9.59 Å². The van der Waals surface area contributed by atoms with E-state index in [1.165, 1.54) is 30.2 Å². The van der Waals surface area contributed by atoms with Gasteiger partial charge in [0.25, 0.3) is 5.91 Å². The van der Waals surface area contributed by atoms with Gasteiger partial charge >= 0.3 is 0 Å². The standard InChI is InChI=1S/C24H20N2O4S2/c1-29-20-11-8-16(12-21(20)30-2)23(28)25-17-9-10-18-22(13-17)32-24(26-18)31-14-19(27)15-6-4-3-5-7-15/h3-13H,14H2,1-2H3,(H,25,28). The van der Waals surface area contributed by atoms with Gasteiger partial charge in [0.2, 0.25) is 0 Å². The average Bonchev–Trinajstić information content (AvgIpc) is 3.24. The number of ether oxygens (including phenoxy) is 2. The van der Waals surface area contributed by atoms with Gasteiger partial charge in [-0.3, -0.25) is 9.59 Å². The smallest absolute Gasteiger partial charge is 0.255 e. The fourth-order valence-electron chi connectivity index (χ4n) is 3.06. The van der Waals surface area contributed by atoms with Gasteiger partial charge in [0.05, 0.1) is 30.2 Å². The number of amides is 1. The second kappa shape index (κ2) is 9.84. The Kier molecular flexibility index (Phi) is 6.72. The fourth-order valence-corrected chi connectivity index (χ4v) is 5.06. The molecule has 1 N–H and O–H groups in total. The van der Waals surface area contributed by atoms with Crippen LogP contribution in [0, 0.1) is 0 Å². The van der Waals surface area contributed by atoms with Crippen LogP contribution in [0.1, 0.15) is 20.7 Å². The molecule has 0 radical (unpaired) electrons. The van der Waals surface area contributed by atoms with Crippen LogP contribution in [0.15, 0.2) is 71.1 Å². The summed E-state index contributed by atoms with van der Waals surface area (Å²) < 4.78 is 12.2. The Balaban J connectivity index is 1.45. The highest BCUT2D eigenvalue weighted by Crippen LogP contribution is 2.32. The van der Waals surface area contributed by atoms with Crippen LogP contribution in [0.25, 0.3) is 10.2 Å². The van der Waals surface area contributed by atoms with Gasteiger partial charge in [-0.25, -0.2) is 4.98 Å². The summed E-state index contributed by atoms with van der Waals surface area (Å²) in [5.74, 6) is 1.19. The molecular formula is C24H20N2O4S2. The molecule has 32 heavy (non-hydrogen) atoms. The van der Waals surface area contributed by atoms with Crippen molar-refractivity contribution in [2.75, 3.05) is 25.3 Å². The first-order valence-corrected chi connectivity index (χ1v) is 11.5. The summed E-state index contributed by atoms with van der Waals surface area (Å²) in [7, 11) is 3.08. The molecule has 0 aliphatic heterocycles. The van der Waals surface area contributed by atoms with E-state index in [1.54, 1.807) is 25.3 Å². The zero-order valence-corrected chi connectivity index (χ0v) is 19.1. The lowest BCUT2D eigenvalue weighted by atomic mass is 10.2. The number of hydrogen-bond acceptors (Lipinski definition) is 7. The molecule has 1 aromatic heterocycles. The third kappa shape index (κ3) is 4.92. The van der Waals surface area contributed by atoms with Crippen LogP contribution < -0.4 is 14.8 Å². The first kappa shape index (κ1) is 21.9. The molecule has 6 nitrogen and oxygen atoms in total. The first-order valence-electron chi connectivity index (χ1n) is 9.72. The lowest BCUT2D eigenvalue weighted by molar-refractivity contribution is 0.101. The number of ketones is 1. The summed E-state index contributed by atoms with van der Waals surface area (Å²) in [5, 5.41) is 2.90. The molecular weight excluding hydrogens is 444 g/mol. The largest absolute Gasteiger partial charge is 0.493 e. The number of rotatable bonds is 8. The lowest BCUT2D eigenvalue weighted by Crippen LogP contribution is -2.12. The molecule has 4 aromatic rings. The Hall–Kier alpha value is -3.36. The molecule has 1 amide bonds. The minimum atomic E-state index is -0.252. The van der Waals surface area contributed by atoms with Gasteiger partial charge in [-0.2, -0.15) is 0 Å². The monoisotopic (exact) mass is 464 g/mol. The van der Waals surface area contributed by atoms with Crippen molar-refractivity contribution in [3.8, 4) is 11.5 Å². The molecule has 162 valence electrons. The highest BCUT2D eigenvalue weighted by molar-refractivity contribution is 8.01. The van der Waals surface area contributed by atoms with Gasteiger partial charge < -0.3 is 14.8 Å². The molecule has 3 aromatic carbocycles. The van der Waals surface area contributed by atoms with E-state index in [0.29, 0.717) is 34.1 Å². The number of anilines is 1. The van der Waals surface area contributed by atoms with Gasteiger partial charge in [-0.05, 0) is 36.4 Å². The number of carbonyl (C=O) groups excluding carboxylic acids is 2. The van der Waals surface area contributed by atoms with Crippen molar-refractivity contribution in [1.29, 1.82) is 0 Å². The third-order valence-electron chi connectivity index (χ3n) is 4.69. The number of methoxy groups -OCH3 is 2. The Morgan fingerprint density at radius 1 is 0.938 bits per heavy atom. The van der Waals surface area contributed by atoms with E-state index in [2.05, 4.69) is 10.3 Å². The Morgan fingerprint density at radius 3 is 2.47 bits per heavy atom. The third-order valence-corrected chi connectivity index (χ3v) is 6.86. The number of benzene rings is 3. The van der Waals surface area contributed by atoms with Crippen LogP contribution in [0.2, 0.25) is 0 Å². The van der Waals surface area contributed by atoms with E-state index in [1.807, 2.05) is 48.5 Å². The predicted octanol–water partition coefficient (Wildman–Crippen LogP) is 5.54. The van der Waals surface area contributed by atoms with Crippen molar-refractivity contribution in [3.05, 3.63) is 77.9 Å². The number of nitrogens with one attached hydrogen (secondary N) is 1. The second-order valence-corrected chi connectivity index (χ2v) is 9.02. The number of hydrogen-bond donors (Lipinski definition) is 1. The summed E-state index contributed by atoms with van der Waals surface area (Å²) >= 11 is 2.91. The van der Waals surface area contributed by atoms with E-state index in [-0.39, 0.29) is 11.7 Å². The van der Waals surface area contributed by atoms with Crippen LogP contribution in [0.4, 0.5) is 5.69 Å². The Morgan fingerprint density at radius 2 is 1.72 bits per heavy atom. The molecule has 0 atom stereocenters.